The van der Waals surface area contributed by atoms with Gasteiger partial charge in [-0.2, -0.15) is 0 Å². The summed E-state index contributed by atoms with van der Waals surface area (Å²) in [5.41, 5.74) is 0. The van der Waals surface area contributed by atoms with Crippen LogP contribution in [0.5, 0.6) is 0 Å². The van der Waals surface area contributed by atoms with Crippen molar-refractivity contribution in [2.45, 2.75) is 245 Å². The van der Waals surface area contributed by atoms with Gasteiger partial charge in [0.05, 0.1) is 6.61 Å². The molecule has 0 aliphatic heterocycles. The smallest absolute Gasteiger partial charge is 0.306 e. The van der Waals surface area contributed by atoms with Gasteiger partial charge in [0.1, 0.15) is 6.61 Å². The van der Waals surface area contributed by atoms with Crippen LogP contribution in [-0.4, -0.2) is 36.4 Å². The van der Waals surface area contributed by atoms with E-state index in [1.807, 2.05) is 0 Å². The lowest BCUT2D eigenvalue weighted by atomic mass is 10.0. The molecule has 340 valence electrons. The lowest BCUT2D eigenvalue weighted by Crippen LogP contribution is -2.28. The van der Waals surface area contributed by atoms with Crippen LogP contribution < -0.4 is 0 Å². The minimum atomic E-state index is -0.775. The number of unbranched alkanes of at least 4 members (excludes halogenated alkanes) is 25. The Morgan fingerprint density at radius 2 is 0.729 bits per heavy atom. The van der Waals surface area contributed by atoms with E-state index in [0.29, 0.717) is 12.8 Å². The highest BCUT2D eigenvalue weighted by atomic mass is 16.6. The van der Waals surface area contributed by atoms with Crippen LogP contribution in [0.15, 0.2) is 72.9 Å². The summed E-state index contributed by atoms with van der Waals surface area (Å²) in [6.07, 6.45) is 67.0. The third kappa shape index (κ3) is 47.9. The molecule has 1 unspecified atom stereocenters. The van der Waals surface area contributed by atoms with Crippen molar-refractivity contribution in [2.75, 3.05) is 13.2 Å². The number of esters is 2. The van der Waals surface area contributed by atoms with Gasteiger partial charge in [0.25, 0.3) is 0 Å². The Morgan fingerprint density at radius 1 is 0.407 bits per heavy atom. The van der Waals surface area contributed by atoms with Gasteiger partial charge >= 0.3 is 11.9 Å². The fraction of sp³-hybridized carbons (Fsp3) is 0.741. The second-order valence-electron chi connectivity index (χ2n) is 16.5. The summed E-state index contributed by atoms with van der Waals surface area (Å²) < 4.78 is 10.7. The first-order valence-electron chi connectivity index (χ1n) is 25.0. The molecule has 0 aromatic carbocycles. The molecule has 5 nitrogen and oxygen atoms in total. The summed E-state index contributed by atoms with van der Waals surface area (Å²) >= 11 is 0. The third-order valence-electron chi connectivity index (χ3n) is 10.8. The van der Waals surface area contributed by atoms with E-state index in [2.05, 4.69) is 86.8 Å². The highest BCUT2D eigenvalue weighted by Gasteiger charge is 2.16. The van der Waals surface area contributed by atoms with Crippen molar-refractivity contribution in [3.8, 4) is 0 Å². The van der Waals surface area contributed by atoms with Crippen molar-refractivity contribution in [2.24, 2.45) is 0 Å². The minimum absolute atomic E-state index is 0.0670. The lowest BCUT2D eigenvalue weighted by Gasteiger charge is -2.15. The second kappa shape index (κ2) is 49.7. The molecule has 0 saturated carbocycles. The molecule has 0 radical (unpaired) electrons. The van der Waals surface area contributed by atoms with Gasteiger partial charge in [-0.3, -0.25) is 9.59 Å². The maximum atomic E-state index is 12.3. The van der Waals surface area contributed by atoms with Gasteiger partial charge in [0.15, 0.2) is 6.10 Å². The Labute approximate surface area is 365 Å². The monoisotopic (exact) mass is 823 g/mol. The predicted octanol–water partition coefficient (Wildman–Crippen LogP) is 16.5. The Morgan fingerprint density at radius 3 is 1.10 bits per heavy atom. The zero-order valence-corrected chi connectivity index (χ0v) is 38.7. The number of carbonyl (C=O) groups excluding carboxylic acids is 2. The molecule has 0 aromatic rings. The zero-order chi connectivity index (χ0) is 42.8. The Bertz CT molecular complexity index is 1070. The van der Waals surface area contributed by atoms with Crippen LogP contribution in [0.4, 0.5) is 0 Å². The predicted molar refractivity (Wildman–Crippen MR) is 256 cm³/mol. The average Bonchev–Trinajstić information content (AvgIpc) is 3.24. The van der Waals surface area contributed by atoms with Crippen molar-refractivity contribution in [3.63, 3.8) is 0 Å². The van der Waals surface area contributed by atoms with Crippen LogP contribution in [-0.2, 0) is 19.1 Å². The fourth-order valence-electron chi connectivity index (χ4n) is 7.03. The molecule has 0 saturated heterocycles. The average molecular weight is 823 g/mol. The molecule has 0 aromatic heterocycles. The number of carbonyl (C=O) groups is 2. The van der Waals surface area contributed by atoms with Gasteiger partial charge in [-0.1, -0.05) is 234 Å². The number of ether oxygens (including phenoxy) is 2. The standard InChI is InChI=1S/C54H94O5/c1-3-5-7-9-11-13-15-17-19-21-22-23-24-25-26-27-28-29-30-31-32-33-35-37-39-41-43-45-47-49-54(57)59-52(50-55)51-58-53(56)48-46-44-42-40-38-36-34-20-18-16-14-12-10-8-6-4-2/h5,7,11,13,17,19,22-23,25-26,28-29,52,55H,3-4,6,8-10,12,14-16,18,20-21,24,27,30-51H2,1-2H3/b7-5-,13-11-,19-17-,23-22-,26-25-,29-28-. The van der Waals surface area contributed by atoms with Crippen LogP contribution in [0.1, 0.15) is 239 Å². The molecule has 0 aliphatic carbocycles. The SMILES string of the molecule is CC/C=C\C/C=C\C/C=C\C/C=C\C/C=C\C/C=C\CCCCCCCCCCCCC(=O)OC(CO)COC(=O)CCCCCCCCCCCCCCCCCC. The van der Waals surface area contributed by atoms with E-state index in [9.17, 15) is 14.7 Å². The third-order valence-corrected chi connectivity index (χ3v) is 10.8. The molecule has 1 N–H and O–H groups in total. The van der Waals surface area contributed by atoms with Crippen LogP contribution >= 0.6 is 0 Å². The topological polar surface area (TPSA) is 72.8 Å². The van der Waals surface area contributed by atoms with Crippen molar-refractivity contribution < 1.29 is 24.2 Å². The largest absolute Gasteiger partial charge is 0.462 e. The van der Waals surface area contributed by atoms with E-state index in [1.165, 1.54) is 135 Å². The van der Waals surface area contributed by atoms with Crippen LogP contribution in [0.25, 0.3) is 0 Å². The van der Waals surface area contributed by atoms with Gasteiger partial charge in [-0.15, -0.1) is 0 Å². The van der Waals surface area contributed by atoms with Gasteiger partial charge in [-0.05, 0) is 64.2 Å². The van der Waals surface area contributed by atoms with E-state index >= 15 is 0 Å². The van der Waals surface area contributed by atoms with Crippen molar-refractivity contribution in [1.82, 2.24) is 0 Å². The molecular formula is C54H94O5. The van der Waals surface area contributed by atoms with Crippen LogP contribution in [0, 0.1) is 0 Å². The van der Waals surface area contributed by atoms with Gasteiger partial charge in [-0.25, -0.2) is 0 Å². The lowest BCUT2D eigenvalue weighted by molar-refractivity contribution is -0.161. The molecule has 0 heterocycles. The molecule has 0 rings (SSSR count). The maximum absolute atomic E-state index is 12.3. The van der Waals surface area contributed by atoms with E-state index in [4.69, 9.17) is 9.47 Å². The molecular weight excluding hydrogens is 729 g/mol. The van der Waals surface area contributed by atoms with Crippen molar-refractivity contribution in [3.05, 3.63) is 72.9 Å². The maximum Gasteiger partial charge on any atom is 0.306 e. The summed E-state index contributed by atoms with van der Waals surface area (Å²) in [7, 11) is 0. The molecule has 0 fully saturated rings. The number of rotatable bonds is 45. The molecule has 0 amide bonds. The quantitative estimate of drug-likeness (QED) is 0.0376. The molecule has 0 bridgehead atoms. The van der Waals surface area contributed by atoms with Crippen LogP contribution in [0.3, 0.4) is 0 Å². The number of hydrogen-bond acceptors (Lipinski definition) is 5. The number of hydrogen-bond donors (Lipinski definition) is 1. The Hall–Kier alpha value is -2.66. The second-order valence-corrected chi connectivity index (χ2v) is 16.5. The molecule has 0 spiro atoms. The summed E-state index contributed by atoms with van der Waals surface area (Å²) in [6, 6.07) is 0. The summed E-state index contributed by atoms with van der Waals surface area (Å²) in [4.78, 5) is 24.4. The van der Waals surface area contributed by atoms with Gasteiger partial charge < -0.3 is 14.6 Å². The molecule has 1 atom stereocenters. The number of aliphatic hydroxyl groups is 1. The van der Waals surface area contributed by atoms with E-state index in [1.54, 1.807) is 0 Å². The van der Waals surface area contributed by atoms with E-state index in [-0.39, 0.29) is 25.2 Å². The first-order valence-corrected chi connectivity index (χ1v) is 25.0. The summed E-state index contributed by atoms with van der Waals surface area (Å²) in [5, 5.41) is 9.62. The van der Waals surface area contributed by atoms with Crippen molar-refractivity contribution >= 4 is 11.9 Å². The van der Waals surface area contributed by atoms with Gasteiger partial charge in [0.2, 0.25) is 0 Å². The van der Waals surface area contributed by atoms with E-state index < -0.39 is 6.10 Å². The summed E-state index contributed by atoms with van der Waals surface area (Å²) in [5.74, 6) is -0.590. The van der Waals surface area contributed by atoms with E-state index in [0.717, 1.165) is 77.0 Å². The van der Waals surface area contributed by atoms with Crippen molar-refractivity contribution in [1.29, 1.82) is 0 Å². The number of aliphatic hydroxyl groups excluding tert-OH is 1. The Balaban J connectivity index is 3.53. The zero-order valence-electron chi connectivity index (χ0n) is 38.7. The minimum Gasteiger partial charge on any atom is -0.462 e. The normalized spacial score (nSPS) is 12.8. The molecule has 59 heavy (non-hydrogen) atoms. The highest BCUT2D eigenvalue weighted by molar-refractivity contribution is 5.70. The molecule has 0 aliphatic rings. The van der Waals surface area contributed by atoms with Gasteiger partial charge in [0, 0.05) is 12.8 Å². The fourth-order valence-corrected chi connectivity index (χ4v) is 7.03. The summed E-state index contributed by atoms with van der Waals surface area (Å²) in [6.45, 7) is 4.04. The van der Waals surface area contributed by atoms with Crippen LogP contribution in [0.2, 0.25) is 0 Å². The number of allylic oxidation sites excluding steroid dienone is 12. The first kappa shape index (κ1) is 56.3. The highest BCUT2D eigenvalue weighted by Crippen LogP contribution is 2.15. The molecule has 5 heteroatoms. The Kier molecular flexibility index (Phi) is 47.5. The first-order chi connectivity index (χ1) is 29.1.